The lowest BCUT2D eigenvalue weighted by Crippen LogP contribution is -2.19. The highest BCUT2D eigenvalue weighted by atomic mass is 79.9. The molecule has 0 radical (unpaired) electrons. The van der Waals surface area contributed by atoms with Crippen LogP contribution in [-0.2, 0) is 16.6 Å². The predicted octanol–water partition coefficient (Wildman–Crippen LogP) is 5.68. The Morgan fingerprint density at radius 1 is 1.19 bits per heavy atom. The van der Waals surface area contributed by atoms with Crippen LogP contribution in [0.4, 0.5) is 0 Å². The zero-order valence-electron chi connectivity index (χ0n) is 15.8. The molecule has 2 aliphatic rings. The van der Waals surface area contributed by atoms with Crippen molar-refractivity contribution >= 4 is 15.9 Å². The van der Waals surface area contributed by atoms with Gasteiger partial charge >= 0.3 is 0 Å². The standard InChI is InChI=1S/C23H27BrO3/c1-2-26-22(25)13-16-7-3-4-8-20(16)27-21-15-23(11-5-6-12-23)19-10-9-17(24)14-18(19)21/h3-4,7-10,14,21-22,25H,2,5-6,11-13,15H2,1H3. The Kier molecular flexibility index (Phi) is 5.58. The number of hydrogen-bond acceptors (Lipinski definition) is 3. The van der Waals surface area contributed by atoms with Gasteiger partial charge in [0.05, 0.1) is 0 Å². The second-order valence-corrected chi connectivity index (χ2v) is 8.67. The summed E-state index contributed by atoms with van der Waals surface area (Å²) in [4.78, 5) is 0. The molecule has 27 heavy (non-hydrogen) atoms. The van der Waals surface area contributed by atoms with Crippen molar-refractivity contribution in [3.8, 4) is 5.75 Å². The molecule has 0 amide bonds. The third-order valence-electron chi connectivity index (χ3n) is 6.06. The van der Waals surface area contributed by atoms with Crippen LogP contribution in [0.25, 0.3) is 0 Å². The van der Waals surface area contributed by atoms with E-state index in [1.54, 1.807) is 0 Å². The van der Waals surface area contributed by atoms with E-state index >= 15 is 0 Å². The monoisotopic (exact) mass is 430 g/mol. The van der Waals surface area contributed by atoms with E-state index < -0.39 is 6.29 Å². The van der Waals surface area contributed by atoms with Crippen LogP contribution in [0.2, 0.25) is 0 Å². The smallest absolute Gasteiger partial charge is 0.158 e. The highest BCUT2D eigenvalue weighted by Crippen LogP contribution is 2.55. The summed E-state index contributed by atoms with van der Waals surface area (Å²) < 4.78 is 13.0. The highest BCUT2D eigenvalue weighted by molar-refractivity contribution is 9.10. The van der Waals surface area contributed by atoms with E-state index in [9.17, 15) is 5.11 Å². The summed E-state index contributed by atoms with van der Waals surface area (Å²) in [5.41, 5.74) is 4.05. The molecule has 0 bridgehead atoms. The van der Waals surface area contributed by atoms with Crippen LogP contribution in [0, 0.1) is 0 Å². The summed E-state index contributed by atoms with van der Waals surface area (Å²) in [6.07, 6.45) is 5.86. The molecule has 2 unspecified atom stereocenters. The highest BCUT2D eigenvalue weighted by Gasteiger charge is 2.46. The number of aliphatic hydroxyl groups excluding tert-OH is 1. The van der Waals surface area contributed by atoms with Crippen LogP contribution >= 0.6 is 15.9 Å². The molecule has 2 atom stereocenters. The first kappa shape index (κ1) is 19.0. The molecule has 3 nitrogen and oxygen atoms in total. The molecule has 1 spiro atoms. The van der Waals surface area contributed by atoms with E-state index in [2.05, 4.69) is 34.1 Å². The second kappa shape index (κ2) is 7.94. The summed E-state index contributed by atoms with van der Waals surface area (Å²) >= 11 is 3.63. The number of halogens is 1. The van der Waals surface area contributed by atoms with Gasteiger partial charge in [0.25, 0.3) is 0 Å². The van der Waals surface area contributed by atoms with Crippen molar-refractivity contribution in [3.05, 3.63) is 63.6 Å². The summed E-state index contributed by atoms with van der Waals surface area (Å²) in [5, 5.41) is 10.1. The maximum absolute atomic E-state index is 10.1. The molecule has 4 heteroatoms. The van der Waals surface area contributed by atoms with Crippen molar-refractivity contribution in [1.82, 2.24) is 0 Å². The van der Waals surface area contributed by atoms with Crippen molar-refractivity contribution in [1.29, 1.82) is 0 Å². The third kappa shape index (κ3) is 3.80. The van der Waals surface area contributed by atoms with Crippen LogP contribution in [-0.4, -0.2) is 18.0 Å². The molecular weight excluding hydrogens is 404 g/mol. The van der Waals surface area contributed by atoms with Gasteiger partial charge in [0.15, 0.2) is 6.29 Å². The Bertz CT molecular complexity index is 798. The van der Waals surface area contributed by atoms with Crippen LogP contribution in [0.15, 0.2) is 46.9 Å². The molecular formula is C23H27BrO3. The maximum Gasteiger partial charge on any atom is 0.158 e. The van der Waals surface area contributed by atoms with Crippen molar-refractivity contribution in [3.63, 3.8) is 0 Å². The lowest BCUT2D eigenvalue weighted by molar-refractivity contribution is -0.0931. The first-order valence-electron chi connectivity index (χ1n) is 9.95. The van der Waals surface area contributed by atoms with Crippen molar-refractivity contribution in [2.45, 2.75) is 63.3 Å². The van der Waals surface area contributed by atoms with E-state index in [-0.39, 0.29) is 11.5 Å². The van der Waals surface area contributed by atoms with Crippen LogP contribution in [0.5, 0.6) is 5.75 Å². The molecule has 2 aromatic rings. The van der Waals surface area contributed by atoms with Crippen molar-refractivity contribution in [2.24, 2.45) is 0 Å². The minimum atomic E-state index is -0.800. The maximum atomic E-state index is 10.1. The van der Waals surface area contributed by atoms with Gasteiger partial charge in [0.2, 0.25) is 0 Å². The average Bonchev–Trinajstić information content (AvgIpc) is 3.23. The number of para-hydroxylation sites is 1. The lowest BCUT2D eigenvalue weighted by Gasteiger charge is -2.25. The summed E-state index contributed by atoms with van der Waals surface area (Å²) in [6.45, 7) is 2.39. The number of ether oxygens (including phenoxy) is 2. The van der Waals surface area contributed by atoms with Gasteiger partial charge in [-0.3, -0.25) is 0 Å². The number of fused-ring (bicyclic) bond motifs is 2. The van der Waals surface area contributed by atoms with Gasteiger partial charge in [-0.15, -0.1) is 0 Å². The van der Waals surface area contributed by atoms with Gasteiger partial charge in [-0.25, -0.2) is 0 Å². The Hall–Kier alpha value is -1.36. The molecule has 0 heterocycles. The zero-order valence-corrected chi connectivity index (χ0v) is 17.4. The fourth-order valence-corrected chi connectivity index (χ4v) is 5.25. The number of aliphatic hydroxyl groups is 1. The van der Waals surface area contributed by atoms with Gasteiger partial charge in [-0.2, -0.15) is 0 Å². The van der Waals surface area contributed by atoms with E-state index in [4.69, 9.17) is 9.47 Å². The van der Waals surface area contributed by atoms with Gasteiger partial charge in [-0.05, 0) is 66.5 Å². The van der Waals surface area contributed by atoms with Crippen LogP contribution in [0.3, 0.4) is 0 Å². The van der Waals surface area contributed by atoms with Gasteiger partial charge in [0, 0.05) is 17.5 Å². The molecule has 1 N–H and O–H groups in total. The largest absolute Gasteiger partial charge is 0.485 e. The van der Waals surface area contributed by atoms with E-state index in [1.165, 1.54) is 36.8 Å². The molecule has 4 rings (SSSR count). The predicted molar refractivity (Wildman–Crippen MR) is 110 cm³/mol. The lowest BCUT2D eigenvalue weighted by atomic mass is 9.80. The molecule has 144 valence electrons. The molecule has 0 aliphatic heterocycles. The molecule has 2 aliphatic carbocycles. The fourth-order valence-electron chi connectivity index (χ4n) is 4.87. The van der Waals surface area contributed by atoms with Gasteiger partial charge in [-0.1, -0.05) is 53.0 Å². The van der Waals surface area contributed by atoms with Crippen molar-refractivity contribution < 1.29 is 14.6 Å². The summed E-state index contributed by atoms with van der Waals surface area (Å²) in [5.74, 6) is 0.849. The molecule has 0 saturated heterocycles. The first-order valence-corrected chi connectivity index (χ1v) is 10.7. The van der Waals surface area contributed by atoms with Crippen LogP contribution in [0.1, 0.15) is 61.8 Å². The number of hydrogen-bond donors (Lipinski definition) is 1. The SMILES string of the molecule is CCOC(O)Cc1ccccc1OC1CC2(CCCC2)c2ccc(Br)cc21. The van der Waals surface area contributed by atoms with E-state index in [0.717, 1.165) is 22.2 Å². The summed E-state index contributed by atoms with van der Waals surface area (Å²) in [7, 11) is 0. The molecule has 1 fully saturated rings. The molecule has 2 aromatic carbocycles. The normalized spacial score (nSPS) is 21.4. The van der Waals surface area contributed by atoms with E-state index in [0.29, 0.717) is 13.0 Å². The van der Waals surface area contributed by atoms with E-state index in [1.807, 2.05) is 31.2 Å². The fraction of sp³-hybridized carbons (Fsp3) is 0.478. The quantitative estimate of drug-likeness (QED) is 0.598. The van der Waals surface area contributed by atoms with Crippen LogP contribution < -0.4 is 4.74 Å². The minimum Gasteiger partial charge on any atom is -0.485 e. The zero-order chi connectivity index (χ0) is 18.9. The average molecular weight is 431 g/mol. The Labute approximate surface area is 169 Å². The second-order valence-electron chi connectivity index (χ2n) is 7.75. The first-order chi connectivity index (χ1) is 13.1. The van der Waals surface area contributed by atoms with Crippen molar-refractivity contribution in [2.75, 3.05) is 6.61 Å². The van der Waals surface area contributed by atoms with Gasteiger partial charge in [0.1, 0.15) is 11.9 Å². The third-order valence-corrected chi connectivity index (χ3v) is 6.56. The minimum absolute atomic E-state index is 0.0565. The number of benzene rings is 2. The molecule has 1 saturated carbocycles. The summed E-state index contributed by atoms with van der Waals surface area (Å²) in [6, 6.07) is 14.7. The Morgan fingerprint density at radius 3 is 2.74 bits per heavy atom. The number of rotatable bonds is 6. The Morgan fingerprint density at radius 2 is 1.96 bits per heavy atom. The topological polar surface area (TPSA) is 38.7 Å². The van der Waals surface area contributed by atoms with Gasteiger partial charge < -0.3 is 14.6 Å². The Balaban J connectivity index is 1.62. The molecule has 0 aromatic heterocycles.